The molecule has 1 spiro atoms. The molecule has 1 saturated heterocycles. The van der Waals surface area contributed by atoms with Gasteiger partial charge in [-0.05, 0) is 47.9 Å². The first-order chi connectivity index (χ1) is 14.2. The molecular formula is C25H24N2O2. The van der Waals surface area contributed by atoms with Gasteiger partial charge < -0.3 is 15.0 Å². The third-order valence-corrected chi connectivity index (χ3v) is 6.30. The van der Waals surface area contributed by atoms with E-state index in [0.29, 0.717) is 6.54 Å². The van der Waals surface area contributed by atoms with Crippen LogP contribution in [0.5, 0.6) is 5.75 Å². The Kier molecular flexibility index (Phi) is 4.36. The van der Waals surface area contributed by atoms with E-state index in [1.165, 1.54) is 0 Å². The van der Waals surface area contributed by atoms with Crippen molar-refractivity contribution in [2.45, 2.75) is 24.4 Å². The molecule has 4 nitrogen and oxygen atoms in total. The molecule has 146 valence electrons. The number of benzene rings is 3. The number of carbonyl (C=O) groups is 1. The van der Waals surface area contributed by atoms with Gasteiger partial charge in [-0.2, -0.15) is 0 Å². The van der Waals surface area contributed by atoms with Crippen molar-refractivity contribution in [3.05, 3.63) is 95.6 Å². The largest absolute Gasteiger partial charge is 0.497 e. The number of nitrogens with zero attached hydrogens (tertiary/aromatic N) is 1. The van der Waals surface area contributed by atoms with E-state index in [1.54, 1.807) is 7.11 Å². The Bertz CT molecular complexity index is 1030. The molecular weight excluding hydrogens is 360 g/mol. The number of nitrogens with one attached hydrogen (secondary N) is 1. The second kappa shape index (κ2) is 7.05. The first kappa shape index (κ1) is 18.0. The van der Waals surface area contributed by atoms with Crippen molar-refractivity contribution >= 4 is 11.6 Å². The summed E-state index contributed by atoms with van der Waals surface area (Å²) in [5.41, 5.74) is 3.85. The van der Waals surface area contributed by atoms with Crippen molar-refractivity contribution < 1.29 is 9.53 Å². The van der Waals surface area contributed by atoms with E-state index < -0.39 is 5.41 Å². The summed E-state index contributed by atoms with van der Waals surface area (Å²) < 4.78 is 5.31. The maximum atomic E-state index is 14.0. The summed E-state index contributed by atoms with van der Waals surface area (Å²) >= 11 is 0. The summed E-state index contributed by atoms with van der Waals surface area (Å²) in [5, 5.41) is 3.61. The van der Waals surface area contributed by atoms with Gasteiger partial charge in [-0.25, -0.2) is 0 Å². The molecule has 0 bridgehead atoms. The Labute approximate surface area is 171 Å². The van der Waals surface area contributed by atoms with E-state index in [9.17, 15) is 4.79 Å². The molecule has 1 N–H and O–H groups in total. The van der Waals surface area contributed by atoms with Crippen LogP contribution in [-0.4, -0.2) is 19.6 Å². The second-order valence-corrected chi connectivity index (χ2v) is 7.78. The van der Waals surface area contributed by atoms with Gasteiger partial charge in [0.05, 0.1) is 25.1 Å². The molecule has 3 aromatic rings. The van der Waals surface area contributed by atoms with Crippen molar-refractivity contribution in [3.63, 3.8) is 0 Å². The predicted molar refractivity (Wildman–Crippen MR) is 114 cm³/mol. The number of hydrogen-bond acceptors (Lipinski definition) is 3. The van der Waals surface area contributed by atoms with Crippen LogP contribution in [0.1, 0.15) is 29.2 Å². The number of carbonyl (C=O) groups excluding carboxylic acids is 1. The monoisotopic (exact) mass is 384 g/mol. The lowest BCUT2D eigenvalue weighted by Crippen LogP contribution is -2.43. The highest BCUT2D eigenvalue weighted by atomic mass is 16.5. The Balaban J connectivity index is 1.59. The summed E-state index contributed by atoms with van der Waals surface area (Å²) in [6.45, 7) is 1.41. The standard InChI is InChI=1S/C25H24N2O2/c1-29-20-13-11-19(12-14-20)23-25(15-16-26-23)21-9-5-6-10-22(21)27(24(25)28)17-18-7-3-2-4-8-18/h2-14,23,26H,15-17H2,1H3. The second-order valence-electron chi connectivity index (χ2n) is 7.78. The zero-order chi connectivity index (χ0) is 19.8. The highest BCUT2D eigenvalue weighted by Crippen LogP contribution is 2.53. The lowest BCUT2D eigenvalue weighted by Gasteiger charge is -2.31. The van der Waals surface area contributed by atoms with E-state index in [1.807, 2.05) is 47.4 Å². The number of amides is 1. The van der Waals surface area contributed by atoms with Crippen molar-refractivity contribution in [2.75, 3.05) is 18.6 Å². The van der Waals surface area contributed by atoms with E-state index in [4.69, 9.17) is 4.74 Å². The summed E-state index contributed by atoms with van der Waals surface area (Å²) in [7, 11) is 1.67. The lowest BCUT2D eigenvalue weighted by molar-refractivity contribution is -0.123. The van der Waals surface area contributed by atoms with Gasteiger partial charge in [0.15, 0.2) is 0 Å². The highest BCUT2D eigenvalue weighted by Gasteiger charge is 2.57. The predicted octanol–water partition coefficient (Wildman–Crippen LogP) is 4.21. The van der Waals surface area contributed by atoms with E-state index in [2.05, 4.69) is 41.7 Å². The van der Waals surface area contributed by atoms with Crippen LogP contribution in [0.3, 0.4) is 0 Å². The van der Waals surface area contributed by atoms with Crippen LogP contribution in [-0.2, 0) is 16.8 Å². The number of hydrogen-bond donors (Lipinski definition) is 1. The van der Waals surface area contributed by atoms with E-state index in [0.717, 1.165) is 41.1 Å². The first-order valence-corrected chi connectivity index (χ1v) is 10.1. The number of methoxy groups -OCH3 is 1. The molecule has 0 saturated carbocycles. The van der Waals surface area contributed by atoms with Crippen molar-refractivity contribution in [1.29, 1.82) is 0 Å². The summed E-state index contributed by atoms with van der Waals surface area (Å²) in [6.07, 6.45) is 0.796. The topological polar surface area (TPSA) is 41.6 Å². The van der Waals surface area contributed by atoms with Gasteiger partial charge in [-0.3, -0.25) is 4.79 Å². The quantitative estimate of drug-likeness (QED) is 0.732. The van der Waals surface area contributed by atoms with Gasteiger partial charge in [0.25, 0.3) is 0 Å². The Hall–Kier alpha value is -3.11. The molecule has 3 aromatic carbocycles. The number of para-hydroxylation sites is 1. The zero-order valence-electron chi connectivity index (χ0n) is 16.5. The molecule has 29 heavy (non-hydrogen) atoms. The minimum absolute atomic E-state index is 0.0529. The van der Waals surface area contributed by atoms with Gasteiger partial charge in [-0.1, -0.05) is 60.7 Å². The molecule has 2 aliphatic rings. The molecule has 1 fully saturated rings. The average Bonchev–Trinajstić information content (AvgIpc) is 3.32. The fourth-order valence-corrected chi connectivity index (χ4v) is 4.93. The summed E-state index contributed by atoms with van der Waals surface area (Å²) in [6, 6.07) is 26.5. The molecule has 0 aliphatic carbocycles. The van der Waals surface area contributed by atoms with Gasteiger partial charge in [0.1, 0.15) is 5.75 Å². The number of anilines is 1. The fourth-order valence-electron chi connectivity index (χ4n) is 4.93. The van der Waals surface area contributed by atoms with Crippen LogP contribution in [0.2, 0.25) is 0 Å². The molecule has 1 amide bonds. The van der Waals surface area contributed by atoms with Gasteiger partial charge in [0, 0.05) is 5.69 Å². The van der Waals surface area contributed by atoms with Crippen LogP contribution in [0.4, 0.5) is 5.69 Å². The Morgan fingerprint density at radius 3 is 2.48 bits per heavy atom. The normalized spacial score (nSPS) is 22.9. The molecule has 2 heterocycles. The highest BCUT2D eigenvalue weighted by molar-refractivity contribution is 6.09. The Morgan fingerprint density at radius 1 is 1.00 bits per heavy atom. The maximum Gasteiger partial charge on any atom is 0.240 e. The lowest BCUT2D eigenvalue weighted by atomic mass is 9.73. The molecule has 4 heteroatoms. The van der Waals surface area contributed by atoms with Crippen LogP contribution < -0.4 is 15.0 Å². The van der Waals surface area contributed by atoms with Crippen LogP contribution in [0.15, 0.2) is 78.9 Å². The minimum atomic E-state index is -0.569. The molecule has 0 aromatic heterocycles. The molecule has 2 aliphatic heterocycles. The summed E-state index contributed by atoms with van der Waals surface area (Å²) in [4.78, 5) is 15.9. The third-order valence-electron chi connectivity index (χ3n) is 6.30. The number of ether oxygens (including phenoxy) is 1. The van der Waals surface area contributed by atoms with Gasteiger partial charge in [-0.15, -0.1) is 0 Å². The third kappa shape index (κ3) is 2.75. The average molecular weight is 384 g/mol. The van der Waals surface area contributed by atoms with Crippen LogP contribution in [0.25, 0.3) is 0 Å². The molecule has 0 radical (unpaired) electrons. The van der Waals surface area contributed by atoms with Crippen molar-refractivity contribution in [3.8, 4) is 5.75 Å². The zero-order valence-corrected chi connectivity index (χ0v) is 16.5. The SMILES string of the molecule is COc1ccc(C2NCCC23C(=O)N(Cc2ccccc2)c2ccccc23)cc1. The van der Waals surface area contributed by atoms with E-state index in [-0.39, 0.29) is 11.9 Å². The van der Waals surface area contributed by atoms with E-state index >= 15 is 0 Å². The molecule has 2 atom stereocenters. The number of rotatable bonds is 4. The van der Waals surface area contributed by atoms with Crippen LogP contribution >= 0.6 is 0 Å². The maximum absolute atomic E-state index is 14.0. The number of fused-ring (bicyclic) bond motifs is 2. The smallest absolute Gasteiger partial charge is 0.240 e. The minimum Gasteiger partial charge on any atom is -0.497 e. The first-order valence-electron chi connectivity index (χ1n) is 10.1. The molecule has 2 unspecified atom stereocenters. The fraction of sp³-hybridized carbons (Fsp3) is 0.240. The summed E-state index contributed by atoms with van der Waals surface area (Å²) in [5.74, 6) is 1.01. The molecule has 5 rings (SSSR count). The van der Waals surface area contributed by atoms with Gasteiger partial charge in [0.2, 0.25) is 5.91 Å². The Morgan fingerprint density at radius 2 is 1.72 bits per heavy atom. The van der Waals surface area contributed by atoms with Crippen molar-refractivity contribution in [1.82, 2.24) is 5.32 Å². The van der Waals surface area contributed by atoms with Crippen molar-refractivity contribution in [2.24, 2.45) is 0 Å². The van der Waals surface area contributed by atoms with Crippen LogP contribution in [0, 0.1) is 0 Å². The van der Waals surface area contributed by atoms with Gasteiger partial charge >= 0.3 is 0 Å².